The molecule has 0 unspecified atom stereocenters. The predicted octanol–water partition coefficient (Wildman–Crippen LogP) is 0.916. The van der Waals surface area contributed by atoms with Gasteiger partial charge in [0.2, 0.25) is 5.76 Å². The Bertz CT molecular complexity index is 886. The van der Waals surface area contributed by atoms with Gasteiger partial charge in [-0.3, -0.25) is 9.80 Å². The Morgan fingerprint density at radius 1 is 1.26 bits per heavy atom. The fourth-order valence-electron chi connectivity index (χ4n) is 2.19. The summed E-state index contributed by atoms with van der Waals surface area (Å²) in [6.07, 6.45) is 0. The number of carbonyl (C=O) groups is 2. The Labute approximate surface area is 131 Å². The second-order valence-corrected chi connectivity index (χ2v) is 6.37. The first-order valence-electron chi connectivity index (χ1n) is 6.53. The molecule has 8 nitrogen and oxygen atoms in total. The van der Waals surface area contributed by atoms with Gasteiger partial charge < -0.3 is 9.15 Å². The number of benzene rings is 1. The number of methoxy groups -OCH3 is 1. The number of ether oxygens (including phenoxy) is 1. The van der Waals surface area contributed by atoms with Gasteiger partial charge in [0.1, 0.15) is 5.76 Å². The van der Waals surface area contributed by atoms with Gasteiger partial charge in [0.05, 0.1) is 24.1 Å². The van der Waals surface area contributed by atoms with Crippen LogP contribution in [0, 0.1) is 0 Å². The number of hydrogen-bond donors (Lipinski definition) is 1. The van der Waals surface area contributed by atoms with Gasteiger partial charge >= 0.3 is 5.97 Å². The molecule has 1 aliphatic rings. The van der Waals surface area contributed by atoms with Crippen LogP contribution in [0.4, 0.5) is 0 Å². The van der Waals surface area contributed by atoms with E-state index in [4.69, 9.17) is 4.42 Å². The van der Waals surface area contributed by atoms with Crippen molar-refractivity contribution in [2.45, 2.75) is 11.4 Å². The van der Waals surface area contributed by atoms with Crippen LogP contribution in [0.1, 0.15) is 26.7 Å². The zero-order valence-corrected chi connectivity index (χ0v) is 12.8. The van der Waals surface area contributed by atoms with E-state index < -0.39 is 21.9 Å². The molecule has 0 spiro atoms. The zero-order chi connectivity index (χ0) is 16.6. The summed E-state index contributed by atoms with van der Waals surface area (Å²) in [4.78, 5) is 25.8. The zero-order valence-electron chi connectivity index (χ0n) is 12.0. The molecule has 1 aromatic heterocycles. The van der Waals surface area contributed by atoms with E-state index in [2.05, 4.69) is 9.57 Å². The van der Waals surface area contributed by atoms with Crippen molar-refractivity contribution in [2.24, 2.45) is 0 Å². The van der Waals surface area contributed by atoms with Crippen LogP contribution in [-0.4, -0.2) is 32.4 Å². The maximum absolute atomic E-state index is 12.4. The first kappa shape index (κ1) is 15.3. The highest BCUT2D eigenvalue weighted by atomic mass is 32.2. The number of sulfonamides is 1. The summed E-state index contributed by atoms with van der Waals surface area (Å²) in [6.45, 7) is -0.163. The van der Waals surface area contributed by atoms with Gasteiger partial charge in [0.25, 0.3) is 15.9 Å². The summed E-state index contributed by atoms with van der Waals surface area (Å²) < 4.78 is 34.1. The van der Waals surface area contributed by atoms with Crippen molar-refractivity contribution >= 4 is 21.9 Å². The summed E-state index contributed by atoms with van der Waals surface area (Å²) in [6, 6.07) is 8.76. The van der Waals surface area contributed by atoms with Crippen LogP contribution in [0.25, 0.3) is 0 Å². The third-order valence-electron chi connectivity index (χ3n) is 3.24. The van der Waals surface area contributed by atoms with Gasteiger partial charge in [0, 0.05) is 0 Å². The standard InChI is InChI=1S/C14H12N2O6S/c1-21-14(18)11-7-6-9(22-11)8-16-13(17)10-4-2-3-5-12(10)23(19,20)15-16/h2-7,15H,8H2,1H3. The van der Waals surface area contributed by atoms with Crippen LogP contribution in [0.5, 0.6) is 0 Å². The Kier molecular flexibility index (Phi) is 3.66. The minimum Gasteiger partial charge on any atom is -0.463 e. The second kappa shape index (κ2) is 5.52. The van der Waals surface area contributed by atoms with E-state index in [0.717, 1.165) is 5.01 Å². The lowest BCUT2D eigenvalue weighted by molar-refractivity contribution is 0.0558. The highest BCUT2D eigenvalue weighted by molar-refractivity contribution is 7.89. The Hall–Kier alpha value is -2.65. The van der Waals surface area contributed by atoms with Gasteiger partial charge in [0.15, 0.2) is 0 Å². The van der Waals surface area contributed by atoms with E-state index in [1.807, 2.05) is 0 Å². The lowest BCUT2D eigenvalue weighted by Crippen LogP contribution is -2.49. The van der Waals surface area contributed by atoms with Crippen LogP contribution < -0.4 is 4.83 Å². The number of hydrogen-bond acceptors (Lipinski definition) is 6. The van der Waals surface area contributed by atoms with E-state index in [1.165, 1.54) is 37.4 Å². The number of amides is 1. The number of carbonyl (C=O) groups excluding carboxylic acids is 2. The maximum Gasteiger partial charge on any atom is 0.373 e. The second-order valence-electron chi connectivity index (χ2n) is 4.74. The maximum atomic E-state index is 12.4. The van der Waals surface area contributed by atoms with E-state index in [1.54, 1.807) is 6.07 Å². The molecule has 2 heterocycles. The summed E-state index contributed by atoms with van der Waals surface area (Å²) >= 11 is 0. The van der Waals surface area contributed by atoms with Gasteiger partial charge in [-0.1, -0.05) is 12.1 Å². The molecule has 3 rings (SSSR count). The summed E-state index contributed by atoms with van der Waals surface area (Å²) in [5, 5.41) is 0.914. The smallest absolute Gasteiger partial charge is 0.373 e. The molecule has 9 heteroatoms. The first-order chi connectivity index (χ1) is 10.9. The molecule has 120 valence electrons. The highest BCUT2D eigenvalue weighted by Crippen LogP contribution is 2.23. The third kappa shape index (κ3) is 2.71. The van der Waals surface area contributed by atoms with Crippen molar-refractivity contribution in [3.05, 3.63) is 53.5 Å². The first-order valence-corrected chi connectivity index (χ1v) is 8.01. The topological polar surface area (TPSA) is 106 Å². The Balaban J connectivity index is 1.89. The fraction of sp³-hybridized carbons (Fsp3) is 0.143. The van der Waals surface area contributed by atoms with Gasteiger partial charge in [-0.2, -0.15) is 0 Å². The number of nitrogens with zero attached hydrogens (tertiary/aromatic N) is 1. The van der Waals surface area contributed by atoms with Crippen LogP contribution >= 0.6 is 0 Å². The van der Waals surface area contributed by atoms with Crippen molar-refractivity contribution in [3.8, 4) is 0 Å². The van der Waals surface area contributed by atoms with Crippen molar-refractivity contribution in [3.63, 3.8) is 0 Å². The van der Waals surface area contributed by atoms with Crippen molar-refractivity contribution in [1.82, 2.24) is 9.84 Å². The van der Waals surface area contributed by atoms with Crippen molar-refractivity contribution < 1.29 is 27.2 Å². The minimum absolute atomic E-state index is 0.0322. The van der Waals surface area contributed by atoms with Crippen molar-refractivity contribution in [1.29, 1.82) is 0 Å². The SMILES string of the molecule is COC(=O)c1ccc(CN2NS(=O)(=O)c3ccccc3C2=O)o1. The largest absolute Gasteiger partial charge is 0.463 e. The molecule has 1 aliphatic heterocycles. The van der Waals surface area contributed by atoms with Gasteiger partial charge in [-0.05, 0) is 24.3 Å². The molecule has 2 aromatic rings. The van der Waals surface area contributed by atoms with E-state index in [-0.39, 0.29) is 28.5 Å². The van der Waals surface area contributed by atoms with Crippen LogP contribution in [0.15, 0.2) is 45.7 Å². The monoisotopic (exact) mass is 336 g/mol. The molecule has 1 N–H and O–H groups in total. The predicted molar refractivity (Wildman–Crippen MR) is 76.7 cm³/mol. The molecule has 1 amide bonds. The molecule has 0 aliphatic carbocycles. The van der Waals surface area contributed by atoms with Gasteiger partial charge in [-0.15, -0.1) is 4.83 Å². The van der Waals surface area contributed by atoms with E-state index in [9.17, 15) is 18.0 Å². The molecular formula is C14H12N2O6S. The number of rotatable bonds is 3. The molecule has 0 saturated carbocycles. The van der Waals surface area contributed by atoms with Gasteiger partial charge in [-0.25, -0.2) is 13.2 Å². The quantitative estimate of drug-likeness (QED) is 0.835. The summed E-state index contributed by atoms with van der Waals surface area (Å²) in [5.74, 6) is -0.963. The lowest BCUT2D eigenvalue weighted by atomic mass is 10.2. The summed E-state index contributed by atoms with van der Waals surface area (Å²) in [5.41, 5.74) is 0.0750. The van der Waals surface area contributed by atoms with Crippen molar-refractivity contribution in [2.75, 3.05) is 7.11 Å². The van der Waals surface area contributed by atoms with Crippen LogP contribution in [-0.2, 0) is 21.3 Å². The third-order valence-corrected chi connectivity index (χ3v) is 4.64. The van der Waals surface area contributed by atoms with Crippen LogP contribution in [0.2, 0.25) is 0 Å². The minimum atomic E-state index is -3.84. The molecule has 23 heavy (non-hydrogen) atoms. The fourth-order valence-corrected chi connectivity index (χ4v) is 3.43. The molecule has 0 saturated heterocycles. The van der Waals surface area contributed by atoms with E-state index in [0.29, 0.717) is 0 Å². The number of esters is 1. The molecule has 0 atom stereocenters. The molecule has 0 bridgehead atoms. The number of hydrazine groups is 1. The molecule has 0 fully saturated rings. The highest BCUT2D eigenvalue weighted by Gasteiger charge is 2.34. The molecular weight excluding hydrogens is 324 g/mol. The number of nitrogens with one attached hydrogen (secondary N) is 1. The van der Waals surface area contributed by atoms with Crippen LogP contribution in [0.3, 0.4) is 0 Å². The number of furan rings is 1. The summed E-state index contributed by atoms with van der Waals surface area (Å²) in [7, 11) is -2.62. The average Bonchev–Trinajstić information content (AvgIpc) is 3.00. The molecule has 1 aromatic carbocycles. The normalized spacial score (nSPS) is 16.0. The Morgan fingerprint density at radius 2 is 2.00 bits per heavy atom. The average molecular weight is 336 g/mol. The number of fused-ring (bicyclic) bond motifs is 1. The molecule has 0 radical (unpaired) electrons. The lowest BCUT2D eigenvalue weighted by Gasteiger charge is -2.27. The Morgan fingerprint density at radius 3 is 2.74 bits per heavy atom. The van der Waals surface area contributed by atoms with E-state index >= 15 is 0 Å².